The Kier molecular flexibility index (Phi) is 7.85. The fourth-order valence-corrected chi connectivity index (χ4v) is 3.98. The number of carbonyl (C=O) groups excluding carboxylic acids is 2. The molecule has 9 nitrogen and oxygen atoms in total. The van der Waals surface area contributed by atoms with Crippen LogP contribution in [0.3, 0.4) is 0 Å². The van der Waals surface area contributed by atoms with Gasteiger partial charge in [-0.1, -0.05) is 42.5 Å². The maximum absolute atomic E-state index is 12.6. The molecule has 0 saturated carbocycles. The Hall–Kier alpha value is -3.75. The highest BCUT2D eigenvalue weighted by Crippen LogP contribution is 2.15. The number of nitrogens with zero attached hydrogens (tertiary/aromatic N) is 6. The molecule has 3 aromatic rings. The molecule has 2 amide bonds. The molecule has 2 heterocycles. The lowest BCUT2D eigenvalue weighted by Gasteiger charge is -2.35. The number of aryl methyl sites for hydroxylation is 2. The minimum Gasteiger partial charge on any atom is -0.497 e. The van der Waals surface area contributed by atoms with Crippen molar-refractivity contribution in [2.45, 2.75) is 32.2 Å². The second-order valence-corrected chi connectivity index (χ2v) is 8.29. The van der Waals surface area contributed by atoms with Crippen LogP contribution in [-0.2, 0) is 22.6 Å². The Morgan fingerprint density at radius 2 is 1.53 bits per heavy atom. The lowest BCUT2D eigenvalue weighted by Crippen LogP contribution is -2.50. The van der Waals surface area contributed by atoms with Gasteiger partial charge in [0.15, 0.2) is 0 Å². The highest BCUT2D eigenvalue weighted by atomic mass is 16.5. The van der Waals surface area contributed by atoms with Gasteiger partial charge in [-0.2, -0.15) is 4.80 Å². The van der Waals surface area contributed by atoms with E-state index in [2.05, 4.69) is 15.4 Å². The largest absolute Gasteiger partial charge is 0.497 e. The molecule has 178 valence electrons. The minimum atomic E-state index is 0.105. The van der Waals surface area contributed by atoms with Gasteiger partial charge in [-0.15, -0.1) is 10.2 Å². The zero-order valence-corrected chi connectivity index (χ0v) is 19.5. The van der Waals surface area contributed by atoms with Crippen molar-refractivity contribution in [2.75, 3.05) is 33.3 Å². The van der Waals surface area contributed by atoms with E-state index in [0.29, 0.717) is 64.2 Å². The molecule has 9 heteroatoms. The summed E-state index contributed by atoms with van der Waals surface area (Å²) in [5.74, 6) is 1.63. The molecule has 0 unspecified atom stereocenters. The summed E-state index contributed by atoms with van der Waals surface area (Å²) in [5.41, 5.74) is 2.03. The van der Waals surface area contributed by atoms with Crippen molar-refractivity contribution in [3.63, 3.8) is 0 Å². The Morgan fingerprint density at radius 3 is 2.18 bits per heavy atom. The van der Waals surface area contributed by atoms with E-state index in [0.717, 1.165) is 16.9 Å². The zero-order chi connectivity index (χ0) is 23.8. The Bertz CT molecular complexity index is 1080. The lowest BCUT2D eigenvalue weighted by atomic mass is 10.1. The van der Waals surface area contributed by atoms with E-state index in [1.165, 1.54) is 4.80 Å². The van der Waals surface area contributed by atoms with Crippen molar-refractivity contribution in [2.24, 2.45) is 0 Å². The molecule has 1 aliphatic rings. The third kappa shape index (κ3) is 6.18. The van der Waals surface area contributed by atoms with Crippen LogP contribution in [0.15, 0.2) is 54.6 Å². The van der Waals surface area contributed by atoms with Gasteiger partial charge in [0, 0.05) is 44.6 Å². The van der Waals surface area contributed by atoms with Crippen LogP contribution >= 0.6 is 0 Å². The van der Waals surface area contributed by atoms with Crippen LogP contribution < -0.4 is 4.74 Å². The average Bonchev–Trinajstić information content (AvgIpc) is 3.37. The topological polar surface area (TPSA) is 93.5 Å². The lowest BCUT2D eigenvalue weighted by molar-refractivity contribution is -0.139. The molecule has 1 saturated heterocycles. The van der Waals surface area contributed by atoms with Crippen molar-refractivity contribution >= 4 is 11.8 Å². The maximum Gasteiger partial charge on any atom is 0.223 e. The summed E-state index contributed by atoms with van der Waals surface area (Å²) in [6, 6.07) is 17.5. The molecular weight excluding hydrogens is 432 g/mol. The summed E-state index contributed by atoms with van der Waals surface area (Å²) < 4.78 is 5.17. The molecule has 0 aliphatic carbocycles. The monoisotopic (exact) mass is 462 g/mol. The number of piperazine rings is 1. The highest BCUT2D eigenvalue weighted by Gasteiger charge is 2.23. The van der Waals surface area contributed by atoms with Crippen LogP contribution in [0.2, 0.25) is 0 Å². The Morgan fingerprint density at radius 1 is 0.882 bits per heavy atom. The first-order valence-corrected chi connectivity index (χ1v) is 11.6. The Labute approximate surface area is 199 Å². The van der Waals surface area contributed by atoms with Crippen molar-refractivity contribution in [1.82, 2.24) is 30.0 Å². The molecule has 0 N–H and O–H groups in total. The fourth-order valence-electron chi connectivity index (χ4n) is 3.98. The first-order chi connectivity index (χ1) is 16.6. The summed E-state index contributed by atoms with van der Waals surface area (Å²) in [4.78, 5) is 30.4. The number of rotatable bonds is 9. The molecule has 0 spiro atoms. The fraction of sp³-hybridized carbons (Fsp3) is 0.400. The van der Waals surface area contributed by atoms with E-state index >= 15 is 0 Å². The first kappa shape index (κ1) is 23.4. The number of carbonyl (C=O) groups is 2. The summed E-state index contributed by atoms with van der Waals surface area (Å²) >= 11 is 0. The van der Waals surface area contributed by atoms with E-state index in [4.69, 9.17) is 4.74 Å². The predicted octanol–water partition coefficient (Wildman–Crippen LogP) is 2.43. The third-order valence-corrected chi connectivity index (χ3v) is 6.01. The van der Waals surface area contributed by atoms with Crippen LogP contribution in [0, 0.1) is 0 Å². The molecule has 0 bridgehead atoms. The van der Waals surface area contributed by atoms with Gasteiger partial charge in [-0.3, -0.25) is 9.59 Å². The van der Waals surface area contributed by atoms with Gasteiger partial charge in [-0.05, 0) is 35.8 Å². The smallest absolute Gasteiger partial charge is 0.223 e. The van der Waals surface area contributed by atoms with E-state index < -0.39 is 0 Å². The van der Waals surface area contributed by atoms with Crippen molar-refractivity contribution in [3.8, 4) is 17.1 Å². The summed E-state index contributed by atoms with van der Waals surface area (Å²) in [5, 5.41) is 12.6. The number of ether oxygens (including phenoxy) is 1. The van der Waals surface area contributed by atoms with Gasteiger partial charge in [0.05, 0.1) is 13.7 Å². The number of amides is 2. The van der Waals surface area contributed by atoms with Gasteiger partial charge in [-0.25, -0.2) is 0 Å². The normalized spacial score (nSPS) is 13.7. The number of aromatic nitrogens is 4. The maximum atomic E-state index is 12.6. The van der Waals surface area contributed by atoms with E-state index in [1.54, 1.807) is 7.11 Å². The van der Waals surface area contributed by atoms with Gasteiger partial charge in [0.1, 0.15) is 5.75 Å². The second kappa shape index (κ2) is 11.4. The highest BCUT2D eigenvalue weighted by molar-refractivity contribution is 5.78. The van der Waals surface area contributed by atoms with Crippen LogP contribution in [0.25, 0.3) is 11.4 Å². The number of hydrogen-bond acceptors (Lipinski definition) is 6. The average molecular weight is 463 g/mol. The van der Waals surface area contributed by atoms with Crippen molar-refractivity contribution < 1.29 is 14.3 Å². The summed E-state index contributed by atoms with van der Waals surface area (Å²) in [6.07, 6.45) is 2.23. The van der Waals surface area contributed by atoms with Gasteiger partial charge < -0.3 is 14.5 Å². The van der Waals surface area contributed by atoms with Crippen LogP contribution in [0.4, 0.5) is 0 Å². The Balaban J connectivity index is 1.15. The van der Waals surface area contributed by atoms with Gasteiger partial charge >= 0.3 is 0 Å². The molecular formula is C25H30N6O3. The number of hydrogen-bond donors (Lipinski definition) is 0. The quantitative estimate of drug-likeness (QED) is 0.485. The van der Waals surface area contributed by atoms with Crippen molar-refractivity contribution in [1.29, 1.82) is 0 Å². The number of tetrazole rings is 1. The van der Waals surface area contributed by atoms with Crippen LogP contribution in [-0.4, -0.2) is 75.1 Å². The van der Waals surface area contributed by atoms with E-state index in [9.17, 15) is 9.59 Å². The third-order valence-electron chi connectivity index (χ3n) is 6.01. The number of methoxy groups -OCH3 is 1. The standard InChI is InChI=1S/C25H30N6O3/c1-34-22-12-9-20(10-13-22)11-14-24(33)30-18-16-29(17-19-30)23(32)8-5-15-31-27-25(26-28-31)21-6-3-2-4-7-21/h2-4,6-7,9-10,12-13H,5,8,11,14-19H2,1H3. The van der Waals surface area contributed by atoms with Crippen LogP contribution in [0.5, 0.6) is 5.75 Å². The summed E-state index contributed by atoms with van der Waals surface area (Å²) in [7, 11) is 1.64. The molecule has 1 fully saturated rings. The minimum absolute atomic E-state index is 0.105. The predicted molar refractivity (Wildman–Crippen MR) is 127 cm³/mol. The molecule has 1 aliphatic heterocycles. The zero-order valence-electron chi connectivity index (χ0n) is 19.5. The van der Waals surface area contributed by atoms with Gasteiger partial charge in [0.25, 0.3) is 0 Å². The van der Waals surface area contributed by atoms with Crippen molar-refractivity contribution in [3.05, 3.63) is 60.2 Å². The SMILES string of the molecule is COc1ccc(CCC(=O)N2CCN(C(=O)CCCn3nnc(-c4ccccc4)n3)CC2)cc1. The number of benzene rings is 2. The molecule has 4 rings (SSSR count). The molecule has 34 heavy (non-hydrogen) atoms. The molecule has 0 atom stereocenters. The molecule has 2 aromatic carbocycles. The van der Waals surface area contributed by atoms with Crippen LogP contribution in [0.1, 0.15) is 24.8 Å². The van der Waals surface area contributed by atoms with E-state index in [-0.39, 0.29) is 11.8 Å². The first-order valence-electron chi connectivity index (χ1n) is 11.6. The molecule has 1 aromatic heterocycles. The van der Waals surface area contributed by atoms with Gasteiger partial charge in [0.2, 0.25) is 17.6 Å². The van der Waals surface area contributed by atoms with E-state index in [1.807, 2.05) is 64.4 Å². The second-order valence-electron chi connectivity index (χ2n) is 8.29. The summed E-state index contributed by atoms with van der Waals surface area (Å²) in [6.45, 7) is 2.85. The molecule has 0 radical (unpaired) electrons.